The number of aliphatic hydroxyl groups is 1. The van der Waals surface area contributed by atoms with Gasteiger partial charge in [-0.2, -0.15) is 5.06 Å². The minimum atomic E-state index is -1.13. The number of carbonyl (C=O) groups excluding carboxylic acids is 1. The van der Waals surface area contributed by atoms with Gasteiger partial charge in [-0.05, 0) is 31.4 Å². The quantitative estimate of drug-likeness (QED) is 0.852. The lowest BCUT2D eigenvalue weighted by atomic mass is 9.86. The number of hydrogen-bond donors (Lipinski definition) is 2. The maximum absolute atomic E-state index is 14.4. The van der Waals surface area contributed by atoms with Crippen LogP contribution in [0.1, 0.15) is 24.0 Å². The average molecular weight is 357 g/mol. The molecule has 1 spiro atoms. The van der Waals surface area contributed by atoms with E-state index in [9.17, 15) is 19.5 Å². The Morgan fingerprint density at radius 2 is 1.96 bits per heavy atom. The molecular formula is C16H18ClFN2O4. The van der Waals surface area contributed by atoms with Crippen LogP contribution in [0.5, 0.6) is 0 Å². The van der Waals surface area contributed by atoms with Gasteiger partial charge in [0, 0.05) is 18.7 Å². The summed E-state index contributed by atoms with van der Waals surface area (Å²) in [5.41, 5.74) is -0.838. The molecule has 0 aliphatic carbocycles. The normalized spacial score (nSPS) is 21.2. The van der Waals surface area contributed by atoms with Crippen molar-refractivity contribution < 1.29 is 24.3 Å². The van der Waals surface area contributed by atoms with Crippen molar-refractivity contribution in [3.05, 3.63) is 39.9 Å². The van der Waals surface area contributed by atoms with Crippen LogP contribution in [-0.4, -0.2) is 52.1 Å². The lowest BCUT2D eigenvalue weighted by Crippen LogP contribution is -2.54. The largest absolute Gasteiger partial charge is 0.509 e. The molecule has 2 N–H and O–H groups in total. The van der Waals surface area contributed by atoms with Crippen LogP contribution < -0.4 is 0 Å². The fraction of sp³-hybridized carbons (Fsp3) is 0.438. The van der Waals surface area contributed by atoms with Crippen LogP contribution in [0.3, 0.4) is 0 Å². The number of piperidine rings is 1. The molecule has 2 aliphatic heterocycles. The first kappa shape index (κ1) is 17.2. The number of benzene rings is 1. The summed E-state index contributed by atoms with van der Waals surface area (Å²) < 4.78 is 14.4. The van der Waals surface area contributed by atoms with E-state index < -0.39 is 17.3 Å². The van der Waals surface area contributed by atoms with Crippen molar-refractivity contribution in [3.8, 4) is 0 Å². The van der Waals surface area contributed by atoms with Crippen LogP contribution in [-0.2, 0) is 9.63 Å². The summed E-state index contributed by atoms with van der Waals surface area (Å²) in [6.07, 6.45) is 0.507. The Balaban J connectivity index is 2.19. The first-order valence-corrected chi connectivity index (χ1v) is 7.92. The zero-order valence-corrected chi connectivity index (χ0v) is 14.1. The van der Waals surface area contributed by atoms with Gasteiger partial charge in [0.1, 0.15) is 17.1 Å². The maximum atomic E-state index is 14.4. The van der Waals surface area contributed by atoms with Crippen LogP contribution in [0.2, 0.25) is 5.02 Å². The molecule has 130 valence electrons. The third-order valence-corrected chi connectivity index (χ3v) is 5.24. The summed E-state index contributed by atoms with van der Waals surface area (Å²) in [5, 5.41) is 22.7. The summed E-state index contributed by atoms with van der Waals surface area (Å²) >= 11 is 6.21. The molecule has 0 unspecified atom stereocenters. The lowest BCUT2D eigenvalue weighted by molar-refractivity contribution is -0.215. The molecule has 2 heterocycles. The van der Waals surface area contributed by atoms with E-state index >= 15 is 0 Å². The SMILES string of the molecule is CON1C(=O)C(c2c(F)ccc(C)c2Cl)=C(O)C12CCN(O)CC2. The van der Waals surface area contributed by atoms with Gasteiger partial charge < -0.3 is 10.3 Å². The molecule has 1 saturated heterocycles. The molecule has 0 atom stereocenters. The smallest absolute Gasteiger partial charge is 0.282 e. The monoisotopic (exact) mass is 356 g/mol. The van der Waals surface area contributed by atoms with Crippen molar-refractivity contribution in [2.45, 2.75) is 25.3 Å². The van der Waals surface area contributed by atoms with Crippen LogP contribution in [0.4, 0.5) is 4.39 Å². The van der Waals surface area contributed by atoms with E-state index in [4.69, 9.17) is 16.4 Å². The molecule has 2 aliphatic rings. The zero-order valence-electron chi connectivity index (χ0n) is 13.3. The predicted molar refractivity (Wildman–Crippen MR) is 84.9 cm³/mol. The molecule has 8 heteroatoms. The molecule has 0 bridgehead atoms. The van der Waals surface area contributed by atoms with E-state index in [1.54, 1.807) is 6.92 Å². The number of rotatable bonds is 2. The summed E-state index contributed by atoms with van der Waals surface area (Å²) in [7, 11) is 1.31. The summed E-state index contributed by atoms with van der Waals surface area (Å²) in [6, 6.07) is 2.72. The van der Waals surface area contributed by atoms with E-state index in [1.807, 2.05) is 0 Å². The molecule has 0 aromatic heterocycles. The molecule has 1 aromatic rings. The van der Waals surface area contributed by atoms with Gasteiger partial charge in [-0.25, -0.2) is 9.45 Å². The summed E-state index contributed by atoms with van der Waals surface area (Å²) in [4.78, 5) is 18.0. The lowest BCUT2D eigenvalue weighted by Gasteiger charge is -2.41. The number of hydroxylamine groups is 4. The van der Waals surface area contributed by atoms with Crippen molar-refractivity contribution in [2.24, 2.45) is 0 Å². The van der Waals surface area contributed by atoms with Crippen LogP contribution >= 0.6 is 11.6 Å². The highest BCUT2D eigenvalue weighted by Crippen LogP contribution is 2.46. The number of nitrogens with zero attached hydrogens (tertiary/aromatic N) is 2. The highest BCUT2D eigenvalue weighted by Gasteiger charge is 2.55. The van der Waals surface area contributed by atoms with Gasteiger partial charge in [0.2, 0.25) is 0 Å². The molecule has 6 nitrogen and oxygen atoms in total. The standard InChI is InChI=1S/C16H18ClFN2O4/c1-9-3-4-10(18)11(13(9)17)12-14(21)16(20(24-2)15(12)22)5-7-19(23)8-6-16/h3-4,21,23H,5-8H2,1-2H3. The van der Waals surface area contributed by atoms with E-state index in [-0.39, 0.29) is 47.8 Å². The Morgan fingerprint density at radius 1 is 1.33 bits per heavy atom. The second-order valence-electron chi connectivity index (χ2n) is 6.04. The van der Waals surface area contributed by atoms with Crippen LogP contribution in [0.15, 0.2) is 17.9 Å². The summed E-state index contributed by atoms with van der Waals surface area (Å²) in [6.45, 7) is 2.18. The van der Waals surface area contributed by atoms with E-state index in [1.165, 1.54) is 19.2 Å². The zero-order chi connectivity index (χ0) is 17.6. The molecule has 24 heavy (non-hydrogen) atoms. The van der Waals surface area contributed by atoms with Gasteiger partial charge in [0.05, 0.1) is 17.7 Å². The number of amides is 1. The minimum Gasteiger partial charge on any atom is -0.509 e. The summed E-state index contributed by atoms with van der Waals surface area (Å²) in [5.74, 6) is -1.60. The van der Waals surface area contributed by atoms with Gasteiger partial charge in [-0.1, -0.05) is 17.7 Å². The van der Waals surface area contributed by atoms with Crippen LogP contribution in [0, 0.1) is 12.7 Å². The third kappa shape index (κ3) is 2.31. The Bertz CT molecular complexity index is 729. The van der Waals surface area contributed by atoms with Gasteiger partial charge in [0.25, 0.3) is 5.91 Å². The van der Waals surface area contributed by atoms with E-state index in [0.29, 0.717) is 5.56 Å². The van der Waals surface area contributed by atoms with Gasteiger partial charge in [-0.15, -0.1) is 0 Å². The predicted octanol–water partition coefficient (Wildman–Crippen LogP) is 2.68. The van der Waals surface area contributed by atoms with E-state index in [2.05, 4.69) is 0 Å². The molecule has 3 rings (SSSR count). The topological polar surface area (TPSA) is 73.2 Å². The van der Waals surface area contributed by atoms with Crippen molar-refractivity contribution in [3.63, 3.8) is 0 Å². The highest BCUT2D eigenvalue weighted by molar-refractivity contribution is 6.36. The Morgan fingerprint density at radius 3 is 2.54 bits per heavy atom. The molecule has 1 amide bonds. The molecule has 1 aromatic carbocycles. The van der Waals surface area contributed by atoms with Crippen molar-refractivity contribution in [1.29, 1.82) is 0 Å². The Kier molecular flexibility index (Phi) is 4.29. The fourth-order valence-corrected chi connectivity index (χ4v) is 3.65. The minimum absolute atomic E-state index is 0.0811. The van der Waals surface area contributed by atoms with Crippen molar-refractivity contribution >= 4 is 23.1 Å². The number of hydrogen-bond acceptors (Lipinski definition) is 5. The number of halogens is 2. The Hall–Kier alpha value is -1.67. The van der Waals surface area contributed by atoms with Gasteiger partial charge in [0.15, 0.2) is 0 Å². The highest BCUT2D eigenvalue weighted by atomic mass is 35.5. The van der Waals surface area contributed by atoms with Gasteiger partial charge >= 0.3 is 0 Å². The average Bonchev–Trinajstić information content (AvgIpc) is 2.75. The maximum Gasteiger partial charge on any atom is 0.282 e. The van der Waals surface area contributed by atoms with Crippen molar-refractivity contribution in [2.75, 3.05) is 20.2 Å². The first-order valence-electron chi connectivity index (χ1n) is 7.54. The Labute approximate surface area is 143 Å². The first-order chi connectivity index (χ1) is 11.3. The number of aryl methyl sites for hydroxylation is 1. The molecule has 0 radical (unpaired) electrons. The number of aliphatic hydroxyl groups excluding tert-OH is 1. The molecule has 1 fully saturated rings. The van der Waals surface area contributed by atoms with E-state index in [0.717, 1.165) is 10.1 Å². The number of carbonyl (C=O) groups is 1. The second-order valence-corrected chi connectivity index (χ2v) is 6.42. The molecular weight excluding hydrogens is 339 g/mol. The molecule has 0 saturated carbocycles. The fourth-order valence-electron chi connectivity index (χ4n) is 3.40. The second kappa shape index (κ2) is 6.00. The third-order valence-electron chi connectivity index (χ3n) is 4.75. The van der Waals surface area contributed by atoms with Crippen LogP contribution in [0.25, 0.3) is 5.57 Å². The van der Waals surface area contributed by atoms with Gasteiger partial charge in [-0.3, -0.25) is 9.63 Å². The van der Waals surface area contributed by atoms with Crippen molar-refractivity contribution in [1.82, 2.24) is 10.1 Å².